The Morgan fingerprint density at radius 2 is 2.25 bits per heavy atom. The largest absolute Gasteiger partial charge is 0.494 e. The molecule has 0 amide bonds. The molecule has 0 bridgehead atoms. The van der Waals surface area contributed by atoms with Crippen LogP contribution in [0.15, 0.2) is 22.7 Å². The fourth-order valence-electron chi connectivity index (χ4n) is 2.82. The summed E-state index contributed by atoms with van der Waals surface area (Å²) in [7, 11) is 0. The fraction of sp³-hybridized carbons (Fsp3) is 0.625. The van der Waals surface area contributed by atoms with Gasteiger partial charge in [-0.3, -0.25) is 0 Å². The van der Waals surface area contributed by atoms with Crippen LogP contribution in [0.1, 0.15) is 38.8 Å². The maximum atomic E-state index is 5.97. The van der Waals surface area contributed by atoms with Gasteiger partial charge in [0, 0.05) is 16.6 Å². The molecular formula is C16H24BrNO2. The average Bonchev–Trinajstić information content (AvgIpc) is 2.85. The van der Waals surface area contributed by atoms with Crippen LogP contribution in [-0.2, 0) is 4.74 Å². The molecule has 112 valence electrons. The number of benzene rings is 1. The maximum Gasteiger partial charge on any atom is 0.124 e. The third-order valence-electron chi connectivity index (χ3n) is 3.80. The Balaban J connectivity index is 2.34. The highest BCUT2D eigenvalue weighted by Crippen LogP contribution is 2.36. The van der Waals surface area contributed by atoms with Gasteiger partial charge in [-0.2, -0.15) is 0 Å². The summed E-state index contributed by atoms with van der Waals surface area (Å²) in [4.78, 5) is 0. The Bertz CT molecular complexity index is 438. The molecule has 3 nitrogen and oxygen atoms in total. The van der Waals surface area contributed by atoms with E-state index in [1.807, 2.05) is 19.1 Å². The molecule has 0 spiro atoms. The lowest BCUT2D eigenvalue weighted by atomic mass is 9.92. The summed E-state index contributed by atoms with van der Waals surface area (Å²) in [5, 5.41) is 3.57. The summed E-state index contributed by atoms with van der Waals surface area (Å²) in [6.07, 6.45) is 1.34. The van der Waals surface area contributed by atoms with Crippen LogP contribution in [0.25, 0.3) is 0 Å². The maximum absolute atomic E-state index is 5.97. The molecule has 3 unspecified atom stereocenters. The molecule has 20 heavy (non-hydrogen) atoms. The summed E-state index contributed by atoms with van der Waals surface area (Å²) in [5.74, 6) is 1.51. The Morgan fingerprint density at radius 3 is 2.85 bits per heavy atom. The average molecular weight is 342 g/mol. The molecule has 2 rings (SSSR count). The standard InChI is InChI=1S/C16H24BrNO2/c1-4-18-15(16-11(3)8-9-20-16)13-10-12(17)6-7-14(13)19-5-2/h6-7,10-11,15-16,18H,4-5,8-9H2,1-3H3. The van der Waals surface area contributed by atoms with Crippen LogP contribution in [-0.4, -0.2) is 25.9 Å². The van der Waals surface area contributed by atoms with E-state index in [9.17, 15) is 0 Å². The zero-order valence-corrected chi connectivity index (χ0v) is 14.1. The van der Waals surface area contributed by atoms with Gasteiger partial charge >= 0.3 is 0 Å². The molecular weight excluding hydrogens is 318 g/mol. The van der Waals surface area contributed by atoms with Gasteiger partial charge in [-0.05, 0) is 44.0 Å². The molecule has 1 aromatic rings. The van der Waals surface area contributed by atoms with Gasteiger partial charge in [-0.25, -0.2) is 0 Å². The van der Waals surface area contributed by atoms with Crippen molar-refractivity contribution in [2.24, 2.45) is 5.92 Å². The van der Waals surface area contributed by atoms with Crippen LogP contribution in [0.4, 0.5) is 0 Å². The molecule has 1 fully saturated rings. The number of hydrogen-bond donors (Lipinski definition) is 1. The van der Waals surface area contributed by atoms with Crippen molar-refractivity contribution >= 4 is 15.9 Å². The van der Waals surface area contributed by atoms with Crippen LogP contribution >= 0.6 is 15.9 Å². The molecule has 1 aliphatic heterocycles. The third kappa shape index (κ3) is 3.54. The summed E-state index contributed by atoms with van der Waals surface area (Å²) >= 11 is 3.57. The Labute approximate surface area is 130 Å². The first kappa shape index (κ1) is 15.8. The van der Waals surface area contributed by atoms with Crippen LogP contribution in [0.5, 0.6) is 5.75 Å². The topological polar surface area (TPSA) is 30.5 Å². The lowest BCUT2D eigenvalue weighted by Crippen LogP contribution is -2.35. The molecule has 1 aliphatic rings. The number of rotatable bonds is 6. The van der Waals surface area contributed by atoms with Gasteiger partial charge in [-0.15, -0.1) is 0 Å². The SMILES string of the molecule is CCNC(c1cc(Br)ccc1OCC)C1OCCC1C. The zero-order valence-electron chi connectivity index (χ0n) is 12.5. The van der Waals surface area contributed by atoms with Crippen molar-refractivity contribution in [3.8, 4) is 5.75 Å². The Kier molecular flexibility index (Phi) is 5.87. The highest BCUT2D eigenvalue weighted by Gasteiger charge is 2.34. The van der Waals surface area contributed by atoms with Crippen molar-refractivity contribution in [2.75, 3.05) is 19.8 Å². The lowest BCUT2D eigenvalue weighted by molar-refractivity contribution is 0.0602. The minimum absolute atomic E-state index is 0.177. The lowest BCUT2D eigenvalue weighted by Gasteiger charge is -2.29. The monoisotopic (exact) mass is 341 g/mol. The van der Waals surface area contributed by atoms with Crippen molar-refractivity contribution < 1.29 is 9.47 Å². The van der Waals surface area contributed by atoms with E-state index in [1.165, 1.54) is 5.56 Å². The normalized spacial score (nSPS) is 23.8. The summed E-state index contributed by atoms with van der Waals surface area (Å²) in [6.45, 7) is 8.85. The molecule has 4 heteroatoms. The molecule has 1 saturated heterocycles. The number of likely N-dealkylation sites (N-methyl/N-ethyl adjacent to an activating group) is 1. The highest BCUT2D eigenvalue weighted by atomic mass is 79.9. The third-order valence-corrected chi connectivity index (χ3v) is 4.30. The van der Waals surface area contributed by atoms with Crippen molar-refractivity contribution in [1.29, 1.82) is 0 Å². The highest BCUT2D eigenvalue weighted by molar-refractivity contribution is 9.10. The molecule has 0 radical (unpaired) electrons. The van der Waals surface area contributed by atoms with Gasteiger partial charge in [0.15, 0.2) is 0 Å². The van der Waals surface area contributed by atoms with Crippen molar-refractivity contribution in [3.05, 3.63) is 28.2 Å². The summed E-state index contributed by atoms with van der Waals surface area (Å²) < 4.78 is 12.8. The van der Waals surface area contributed by atoms with Gasteiger partial charge in [0.25, 0.3) is 0 Å². The van der Waals surface area contributed by atoms with E-state index in [-0.39, 0.29) is 12.1 Å². The fourth-order valence-corrected chi connectivity index (χ4v) is 3.19. The van der Waals surface area contributed by atoms with E-state index in [0.717, 1.165) is 29.8 Å². The summed E-state index contributed by atoms with van der Waals surface area (Å²) in [6, 6.07) is 6.38. The van der Waals surface area contributed by atoms with E-state index in [2.05, 4.69) is 41.2 Å². The first-order valence-electron chi connectivity index (χ1n) is 7.44. The first-order chi connectivity index (χ1) is 9.67. The summed E-state index contributed by atoms with van der Waals surface area (Å²) in [5.41, 5.74) is 1.18. The van der Waals surface area contributed by atoms with Crippen LogP contribution in [0, 0.1) is 5.92 Å². The molecule has 1 N–H and O–H groups in total. The molecule has 0 aromatic heterocycles. The number of nitrogens with one attached hydrogen (secondary N) is 1. The smallest absolute Gasteiger partial charge is 0.124 e. The van der Waals surface area contributed by atoms with Crippen molar-refractivity contribution in [3.63, 3.8) is 0 Å². The number of ether oxygens (including phenoxy) is 2. The van der Waals surface area contributed by atoms with Gasteiger partial charge < -0.3 is 14.8 Å². The predicted molar refractivity (Wildman–Crippen MR) is 85.2 cm³/mol. The first-order valence-corrected chi connectivity index (χ1v) is 8.23. The Morgan fingerprint density at radius 1 is 1.45 bits per heavy atom. The van der Waals surface area contributed by atoms with Gasteiger partial charge in [-0.1, -0.05) is 29.8 Å². The second-order valence-electron chi connectivity index (χ2n) is 5.25. The van der Waals surface area contributed by atoms with Gasteiger partial charge in [0.1, 0.15) is 5.75 Å². The van der Waals surface area contributed by atoms with E-state index in [4.69, 9.17) is 9.47 Å². The van der Waals surface area contributed by atoms with E-state index in [1.54, 1.807) is 0 Å². The molecule has 1 aromatic carbocycles. The van der Waals surface area contributed by atoms with E-state index >= 15 is 0 Å². The second-order valence-corrected chi connectivity index (χ2v) is 6.17. The van der Waals surface area contributed by atoms with Crippen LogP contribution < -0.4 is 10.1 Å². The molecule has 3 atom stereocenters. The van der Waals surface area contributed by atoms with Crippen LogP contribution in [0.3, 0.4) is 0 Å². The Hall–Kier alpha value is -0.580. The second kappa shape index (κ2) is 7.43. The number of hydrogen-bond acceptors (Lipinski definition) is 3. The quantitative estimate of drug-likeness (QED) is 0.850. The molecule has 1 heterocycles. The van der Waals surface area contributed by atoms with Crippen LogP contribution in [0.2, 0.25) is 0 Å². The zero-order chi connectivity index (χ0) is 14.5. The number of halogens is 1. The molecule has 0 aliphatic carbocycles. The van der Waals surface area contributed by atoms with Crippen molar-refractivity contribution in [2.45, 2.75) is 39.3 Å². The van der Waals surface area contributed by atoms with E-state index < -0.39 is 0 Å². The predicted octanol–water partition coefficient (Wildman–Crippen LogP) is 3.92. The van der Waals surface area contributed by atoms with Gasteiger partial charge in [0.2, 0.25) is 0 Å². The minimum Gasteiger partial charge on any atom is -0.494 e. The van der Waals surface area contributed by atoms with E-state index in [0.29, 0.717) is 12.5 Å². The van der Waals surface area contributed by atoms with Gasteiger partial charge in [0.05, 0.1) is 18.8 Å². The molecule has 0 saturated carbocycles. The minimum atomic E-state index is 0.177. The van der Waals surface area contributed by atoms with Crippen molar-refractivity contribution in [1.82, 2.24) is 5.32 Å².